The first kappa shape index (κ1) is 12.4. The zero-order valence-electron chi connectivity index (χ0n) is 10.9. The first-order valence-corrected chi connectivity index (χ1v) is 6.21. The zero-order chi connectivity index (χ0) is 13.9. The Balaban J connectivity index is 1.99. The van der Waals surface area contributed by atoms with E-state index in [2.05, 4.69) is 10.2 Å². The number of halogens is 1. The summed E-state index contributed by atoms with van der Waals surface area (Å²) in [5.41, 5.74) is 3.28. The van der Waals surface area contributed by atoms with Crippen LogP contribution < -0.4 is 4.74 Å². The van der Waals surface area contributed by atoms with Crippen LogP contribution in [-0.4, -0.2) is 17.3 Å². The van der Waals surface area contributed by atoms with Gasteiger partial charge in [0.05, 0.1) is 12.8 Å². The summed E-state index contributed by atoms with van der Waals surface area (Å²) in [6, 6.07) is 14.2. The van der Waals surface area contributed by atoms with Crippen molar-refractivity contribution in [2.45, 2.75) is 0 Å². The van der Waals surface area contributed by atoms with Crippen LogP contribution in [0.2, 0.25) is 0 Å². The largest absolute Gasteiger partial charge is 0.497 e. The van der Waals surface area contributed by atoms with Crippen molar-refractivity contribution in [1.29, 1.82) is 0 Å². The Labute approximate surface area is 116 Å². The normalized spacial score (nSPS) is 10.5. The standard InChI is InChI=1S/C16H13FN2O/c1-20-13-6-7-15(17)14(10-13)11-2-4-12(5-3-11)16-8-9-18-19-16/h2-10H,1H3,(H,18,19). The van der Waals surface area contributed by atoms with Gasteiger partial charge in [-0.3, -0.25) is 5.10 Å². The van der Waals surface area contributed by atoms with Crippen molar-refractivity contribution < 1.29 is 9.13 Å². The maximum absolute atomic E-state index is 13.9. The van der Waals surface area contributed by atoms with Gasteiger partial charge >= 0.3 is 0 Å². The average molecular weight is 268 g/mol. The topological polar surface area (TPSA) is 37.9 Å². The number of ether oxygens (including phenoxy) is 1. The number of aromatic nitrogens is 2. The van der Waals surface area contributed by atoms with Crippen LogP contribution in [0.15, 0.2) is 54.7 Å². The van der Waals surface area contributed by atoms with Gasteiger partial charge in [0.15, 0.2) is 0 Å². The summed E-state index contributed by atoms with van der Waals surface area (Å²) in [4.78, 5) is 0. The number of aromatic amines is 1. The fourth-order valence-electron chi connectivity index (χ4n) is 2.10. The van der Waals surface area contributed by atoms with Crippen LogP contribution in [0.1, 0.15) is 0 Å². The molecule has 20 heavy (non-hydrogen) atoms. The third-order valence-corrected chi connectivity index (χ3v) is 3.18. The average Bonchev–Trinajstić information content (AvgIpc) is 3.02. The number of methoxy groups -OCH3 is 1. The smallest absolute Gasteiger partial charge is 0.131 e. The van der Waals surface area contributed by atoms with Gasteiger partial charge in [0.25, 0.3) is 0 Å². The van der Waals surface area contributed by atoms with Gasteiger partial charge in [-0.05, 0) is 35.4 Å². The Morgan fingerprint density at radius 3 is 2.40 bits per heavy atom. The molecule has 2 aromatic carbocycles. The van der Waals surface area contributed by atoms with Crippen LogP contribution in [-0.2, 0) is 0 Å². The van der Waals surface area contributed by atoms with Crippen LogP contribution in [0.4, 0.5) is 4.39 Å². The van der Waals surface area contributed by atoms with Gasteiger partial charge in [0.2, 0.25) is 0 Å². The first-order chi connectivity index (χ1) is 9.78. The molecule has 0 aliphatic heterocycles. The quantitative estimate of drug-likeness (QED) is 0.782. The highest BCUT2D eigenvalue weighted by Gasteiger charge is 2.07. The van der Waals surface area contributed by atoms with Crippen LogP contribution >= 0.6 is 0 Å². The van der Waals surface area contributed by atoms with Gasteiger partial charge in [-0.15, -0.1) is 0 Å². The molecule has 0 radical (unpaired) electrons. The van der Waals surface area contributed by atoms with E-state index in [-0.39, 0.29) is 5.82 Å². The highest BCUT2D eigenvalue weighted by Crippen LogP contribution is 2.28. The van der Waals surface area contributed by atoms with Gasteiger partial charge in [0, 0.05) is 11.8 Å². The Morgan fingerprint density at radius 2 is 1.75 bits per heavy atom. The zero-order valence-corrected chi connectivity index (χ0v) is 10.9. The molecule has 0 fully saturated rings. The molecule has 0 aliphatic rings. The SMILES string of the molecule is COc1ccc(F)c(-c2ccc(-c3ccn[nH]3)cc2)c1. The highest BCUT2D eigenvalue weighted by molar-refractivity contribution is 5.70. The number of nitrogens with zero attached hydrogens (tertiary/aromatic N) is 1. The Bertz CT molecular complexity index is 706. The molecule has 1 N–H and O–H groups in total. The second-order valence-corrected chi connectivity index (χ2v) is 4.39. The third-order valence-electron chi connectivity index (χ3n) is 3.18. The minimum Gasteiger partial charge on any atom is -0.497 e. The third kappa shape index (κ3) is 2.28. The number of hydrogen-bond acceptors (Lipinski definition) is 2. The molecule has 0 aliphatic carbocycles. The van der Waals surface area contributed by atoms with Crippen molar-refractivity contribution in [1.82, 2.24) is 10.2 Å². The molecule has 1 heterocycles. The number of rotatable bonds is 3. The monoisotopic (exact) mass is 268 g/mol. The summed E-state index contributed by atoms with van der Waals surface area (Å²) in [5, 5.41) is 6.81. The molecule has 3 rings (SSSR count). The second kappa shape index (κ2) is 5.17. The summed E-state index contributed by atoms with van der Waals surface area (Å²) >= 11 is 0. The van der Waals surface area contributed by atoms with Crippen molar-refractivity contribution in [2.75, 3.05) is 7.11 Å². The Hall–Kier alpha value is -2.62. The van der Waals surface area contributed by atoms with E-state index in [0.717, 1.165) is 16.8 Å². The van der Waals surface area contributed by atoms with Crippen LogP contribution in [0, 0.1) is 5.82 Å². The molecule has 0 amide bonds. The molecule has 1 aromatic heterocycles. The van der Waals surface area contributed by atoms with E-state index >= 15 is 0 Å². The van der Waals surface area contributed by atoms with Crippen LogP contribution in [0.3, 0.4) is 0 Å². The molecule has 0 unspecified atom stereocenters. The van der Waals surface area contributed by atoms with Crippen LogP contribution in [0.5, 0.6) is 5.75 Å². The molecule has 0 bridgehead atoms. The molecule has 3 aromatic rings. The molecule has 0 saturated heterocycles. The molecule has 0 saturated carbocycles. The second-order valence-electron chi connectivity index (χ2n) is 4.39. The van der Waals surface area contributed by atoms with Crippen LogP contribution in [0.25, 0.3) is 22.4 Å². The minimum atomic E-state index is -0.264. The van der Waals surface area contributed by atoms with Crippen molar-refractivity contribution in [2.24, 2.45) is 0 Å². The van der Waals surface area contributed by atoms with Crippen molar-refractivity contribution in [3.05, 3.63) is 60.5 Å². The van der Waals surface area contributed by atoms with E-state index in [1.54, 1.807) is 25.4 Å². The lowest BCUT2D eigenvalue weighted by Crippen LogP contribution is -1.88. The summed E-state index contributed by atoms with van der Waals surface area (Å²) in [6.07, 6.45) is 1.70. The first-order valence-electron chi connectivity index (χ1n) is 6.21. The lowest BCUT2D eigenvalue weighted by Gasteiger charge is -2.07. The molecule has 0 spiro atoms. The van der Waals surface area contributed by atoms with E-state index < -0.39 is 0 Å². The van der Waals surface area contributed by atoms with E-state index in [1.165, 1.54) is 6.07 Å². The Morgan fingerprint density at radius 1 is 1.00 bits per heavy atom. The molecular weight excluding hydrogens is 255 g/mol. The maximum Gasteiger partial charge on any atom is 0.131 e. The predicted molar refractivity (Wildman–Crippen MR) is 76.0 cm³/mol. The van der Waals surface area contributed by atoms with Gasteiger partial charge in [-0.1, -0.05) is 24.3 Å². The number of hydrogen-bond donors (Lipinski definition) is 1. The van der Waals surface area contributed by atoms with Gasteiger partial charge in [-0.2, -0.15) is 5.10 Å². The van der Waals surface area contributed by atoms with Gasteiger partial charge in [0.1, 0.15) is 11.6 Å². The van der Waals surface area contributed by atoms with E-state index in [4.69, 9.17) is 4.74 Å². The highest BCUT2D eigenvalue weighted by atomic mass is 19.1. The predicted octanol–water partition coefficient (Wildman–Crippen LogP) is 3.89. The summed E-state index contributed by atoms with van der Waals surface area (Å²) in [7, 11) is 1.57. The fourth-order valence-corrected chi connectivity index (χ4v) is 2.10. The van der Waals surface area contributed by atoms with Gasteiger partial charge in [-0.25, -0.2) is 4.39 Å². The summed E-state index contributed by atoms with van der Waals surface area (Å²) < 4.78 is 19.0. The summed E-state index contributed by atoms with van der Waals surface area (Å²) in [6.45, 7) is 0. The van der Waals surface area contributed by atoms with Gasteiger partial charge < -0.3 is 4.74 Å². The van der Waals surface area contributed by atoms with E-state index in [1.807, 2.05) is 30.3 Å². The Kier molecular flexibility index (Phi) is 3.21. The minimum absolute atomic E-state index is 0.264. The van der Waals surface area contributed by atoms with Crippen molar-refractivity contribution in [3.63, 3.8) is 0 Å². The summed E-state index contributed by atoms with van der Waals surface area (Å²) in [5.74, 6) is 0.374. The number of benzene rings is 2. The van der Waals surface area contributed by atoms with E-state index in [0.29, 0.717) is 11.3 Å². The van der Waals surface area contributed by atoms with E-state index in [9.17, 15) is 4.39 Å². The molecular formula is C16H13FN2O. The number of nitrogens with one attached hydrogen (secondary N) is 1. The van der Waals surface area contributed by atoms with Crippen molar-refractivity contribution >= 4 is 0 Å². The lowest BCUT2D eigenvalue weighted by atomic mass is 10.0. The maximum atomic E-state index is 13.9. The number of H-pyrrole nitrogens is 1. The molecule has 3 nitrogen and oxygen atoms in total. The fraction of sp³-hybridized carbons (Fsp3) is 0.0625. The molecule has 4 heteroatoms. The lowest BCUT2D eigenvalue weighted by molar-refractivity contribution is 0.414. The van der Waals surface area contributed by atoms with Crippen molar-refractivity contribution in [3.8, 4) is 28.1 Å². The molecule has 100 valence electrons. The molecule has 0 atom stereocenters.